The van der Waals surface area contributed by atoms with Crippen LogP contribution in [0.4, 0.5) is 6.01 Å². The maximum Gasteiger partial charge on any atom is 0.315 e. The van der Waals surface area contributed by atoms with E-state index in [9.17, 15) is 0 Å². The van der Waals surface area contributed by atoms with Gasteiger partial charge >= 0.3 is 6.01 Å². The molecule has 0 atom stereocenters. The van der Waals surface area contributed by atoms with Crippen molar-refractivity contribution in [3.05, 3.63) is 22.5 Å². The third-order valence-corrected chi connectivity index (χ3v) is 2.27. The van der Waals surface area contributed by atoms with Crippen molar-refractivity contribution in [2.24, 2.45) is 0 Å². The first kappa shape index (κ1) is 8.18. The second-order valence-corrected chi connectivity index (χ2v) is 3.52. The molecule has 0 spiro atoms. The van der Waals surface area contributed by atoms with Gasteiger partial charge in [0.1, 0.15) is 0 Å². The molecular weight excluding hydrogens is 188 g/mol. The highest BCUT2D eigenvalue weighted by atomic mass is 32.1. The Morgan fingerprint density at radius 1 is 1.62 bits per heavy atom. The van der Waals surface area contributed by atoms with Crippen molar-refractivity contribution in [1.82, 2.24) is 15.2 Å². The monoisotopic (exact) mass is 196 g/mol. The number of hydrogen-bond acceptors (Lipinski definition) is 6. The molecule has 2 aromatic rings. The number of aryl methyl sites for hydroxylation is 1. The van der Waals surface area contributed by atoms with Gasteiger partial charge in [0.15, 0.2) is 0 Å². The Hall–Kier alpha value is -1.43. The standard InChI is InChI=1S/C7H8N4OS/c1-5-10-6(3-13-5)2-8-7-11-9-4-12-7/h3-4H,2H2,1H3,(H,8,11). The molecule has 2 aromatic heterocycles. The molecular formula is C7H8N4OS. The van der Waals surface area contributed by atoms with Gasteiger partial charge in [0, 0.05) is 5.38 Å². The number of aromatic nitrogens is 3. The Morgan fingerprint density at radius 2 is 2.54 bits per heavy atom. The van der Waals surface area contributed by atoms with E-state index < -0.39 is 0 Å². The second-order valence-electron chi connectivity index (χ2n) is 2.46. The Labute approximate surface area is 78.8 Å². The molecule has 0 amide bonds. The summed E-state index contributed by atoms with van der Waals surface area (Å²) in [7, 11) is 0. The zero-order chi connectivity index (χ0) is 9.10. The first-order chi connectivity index (χ1) is 6.34. The molecule has 5 nitrogen and oxygen atoms in total. The van der Waals surface area contributed by atoms with Gasteiger partial charge in [-0.05, 0) is 6.92 Å². The molecule has 0 fully saturated rings. The second kappa shape index (κ2) is 3.53. The van der Waals surface area contributed by atoms with Crippen LogP contribution in [0.5, 0.6) is 0 Å². The molecule has 0 aliphatic heterocycles. The fourth-order valence-electron chi connectivity index (χ4n) is 0.906. The molecule has 0 bridgehead atoms. The van der Waals surface area contributed by atoms with E-state index in [0.717, 1.165) is 10.7 Å². The van der Waals surface area contributed by atoms with Gasteiger partial charge < -0.3 is 9.73 Å². The quantitative estimate of drug-likeness (QED) is 0.804. The lowest BCUT2D eigenvalue weighted by atomic mass is 10.5. The van der Waals surface area contributed by atoms with Gasteiger partial charge in [-0.15, -0.1) is 16.4 Å². The summed E-state index contributed by atoms with van der Waals surface area (Å²) in [5.41, 5.74) is 0.987. The molecule has 6 heteroatoms. The van der Waals surface area contributed by atoms with Crippen molar-refractivity contribution < 1.29 is 4.42 Å². The molecule has 2 rings (SSSR count). The van der Waals surface area contributed by atoms with Crippen LogP contribution in [0.2, 0.25) is 0 Å². The summed E-state index contributed by atoms with van der Waals surface area (Å²) < 4.78 is 4.90. The minimum Gasteiger partial charge on any atom is -0.411 e. The van der Waals surface area contributed by atoms with Gasteiger partial charge in [0.25, 0.3) is 0 Å². The van der Waals surface area contributed by atoms with E-state index in [-0.39, 0.29) is 0 Å². The van der Waals surface area contributed by atoms with Crippen LogP contribution in [0.15, 0.2) is 16.2 Å². The zero-order valence-corrected chi connectivity index (χ0v) is 7.84. The van der Waals surface area contributed by atoms with Gasteiger partial charge in [0.2, 0.25) is 6.39 Å². The smallest absolute Gasteiger partial charge is 0.315 e. The third-order valence-electron chi connectivity index (χ3n) is 1.45. The molecule has 1 N–H and O–H groups in total. The maximum absolute atomic E-state index is 4.90. The number of nitrogens with zero attached hydrogens (tertiary/aromatic N) is 3. The van der Waals surface area contributed by atoms with Crippen molar-refractivity contribution in [3.63, 3.8) is 0 Å². The molecule has 2 heterocycles. The van der Waals surface area contributed by atoms with Crippen molar-refractivity contribution >= 4 is 17.4 Å². The van der Waals surface area contributed by atoms with Gasteiger partial charge in [-0.2, -0.15) is 0 Å². The lowest BCUT2D eigenvalue weighted by molar-refractivity contribution is 0.565. The molecule has 0 saturated heterocycles. The van der Waals surface area contributed by atoms with Crippen LogP contribution in [0, 0.1) is 6.92 Å². The predicted octanol–water partition coefficient (Wildman–Crippen LogP) is 1.45. The summed E-state index contributed by atoms with van der Waals surface area (Å²) in [6.07, 6.45) is 1.29. The van der Waals surface area contributed by atoms with E-state index in [2.05, 4.69) is 20.5 Å². The summed E-state index contributed by atoms with van der Waals surface area (Å²) in [6.45, 7) is 2.59. The Balaban J connectivity index is 1.93. The van der Waals surface area contributed by atoms with Crippen molar-refractivity contribution in [2.45, 2.75) is 13.5 Å². The van der Waals surface area contributed by atoms with Crippen LogP contribution in [0.1, 0.15) is 10.7 Å². The third kappa shape index (κ3) is 2.03. The molecule has 68 valence electrons. The molecule has 0 aliphatic rings. The van der Waals surface area contributed by atoms with Crippen LogP contribution < -0.4 is 5.32 Å². The normalized spacial score (nSPS) is 10.2. The fourth-order valence-corrected chi connectivity index (χ4v) is 1.52. The average Bonchev–Trinajstić information content (AvgIpc) is 2.71. The minimum absolute atomic E-state index is 0.422. The molecule has 0 saturated carbocycles. The number of rotatable bonds is 3. The van der Waals surface area contributed by atoms with E-state index in [0.29, 0.717) is 12.6 Å². The highest BCUT2D eigenvalue weighted by Gasteiger charge is 2.00. The predicted molar refractivity (Wildman–Crippen MR) is 48.5 cm³/mol. The topological polar surface area (TPSA) is 63.8 Å². The molecule has 0 aromatic carbocycles. The van der Waals surface area contributed by atoms with Crippen LogP contribution in [-0.2, 0) is 6.54 Å². The first-order valence-corrected chi connectivity index (χ1v) is 4.63. The fraction of sp³-hybridized carbons (Fsp3) is 0.286. The van der Waals surface area contributed by atoms with Gasteiger partial charge in [-0.25, -0.2) is 4.98 Å². The number of anilines is 1. The largest absolute Gasteiger partial charge is 0.411 e. The molecule has 13 heavy (non-hydrogen) atoms. The summed E-state index contributed by atoms with van der Waals surface area (Å²) in [4.78, 5) is 4.28. The number of nitrogens with one attached hydrogen (secondary N) is 1. The van der Waals surface area contributed by atoms with E-state index in [1.165, 1.54) is 6.39 Å². The molecule has 0 radical (unpaired) electrons. The maximum atomic E-state index is 4.90. The average molecular weight is 196 g/mol. The summed E-state index contributed by atoms with van der Waals surface area (Å²) in [5, 5.41) is 13.2. The zero-order valence-electron chi connectivity index (χ0n) is 7.02. The summed E-state index contributed by atoms with van der Waals surface area (Å²) in [6, 6.07) is 0.422. The minimum atomic E-state index is 0.422. The van der Waals surface area contributed by atoms with Gasteiger partial charge in [0.05, 0.1) is 17.2 Å². The lowest BCUT2D eigenvalue weighted by Crippen LogP contribution is -1.99. The lowest BCUT2D eigenvalue weighted by Gasteiger charge is -1.95. The van der Waals surface area contributed by atoms with Crippen molar-refractivity contribution in [3.8, 4) is 0 Å². The first-order valence-electron chi connectivity index (χ1n) is 3.75. The van der Waals surface area contributed by atoms with Crippen molar-refractivity contribution in [1.29, 1.82) is 0 Å². The van der Waals surface area contributed by atoms with Gasteiger partial charge in [-0.1, -0.05) is 5.10 Å². The van der Waals surface area contributed by atoms with Crippen LogP contribution >= 0.6 is 11.3 Å². The SMILES string of the molecule is Cc1nc(CNc2nnco2)cs1. The van der Waals surface area contributed by atoms with Crippen LogP contribution in [-0.4, -0.2) is 15.2 Å². The summed E-state index contributed by atoms with van der Waals surface area (Å²) >= 11 is 1.62. The van der Waals surface area contributed by atoms with Crippen LogP contribution in [0.25, 0.3) is 0 Å². The van der Waals surface area contributed by atoms with E-state index in [4.69, 9.17) is 4.42 Å². The van der Waals surface area contributed by atoms with E-state index >= 15 is 0 Å². The van der Waals surface area contributed by atoms with E-state index in [1.807, 2.05) is 12.3 Å². The highest BCUT2D eigenvalue weighted by molar-refractivity contribution is 7.09. The van der Waals surface area contributed by atoms with Crippen LogP contribution in [0.3, 0.4) is 0 Å². The number of hydrogen-bond donors (Lipinski definition) is 1. The summed E-state index contributed by atoms with van der Waals surface area (Å²) in [5.74, 6) is 0. The Morgan fingerprint density at radius 3 is 3.15 bits per heavy atom. The number of thiazole rings is 1. The molecule has 0 unspecified atom stereocenters. The van der Waals surface area contributed by atoms with Gasteiger partial charge in [-0.3, -0.25) is 0 Å². The Kier molecular flexibility index (Phi) is 2.22. The molecule has 0 aliphatic carbocycles. The van der Waals surface area contributed by atoms with E-state index in [1.54, 1.807) is 11.3 Å². The Bertz CT molecular complexity index is 370. The van der Waals surface area contributed by atoms with Crippen molar-refractivity contribution in [2.75, 3.05) is 5.32 Å². The highest BCUT2D eigenvalue weighted by Crippen LogP contribution is 2.09.